The smallest absolute Gasteiger partial charge is 0.136 e. The molecule has 0 aromatic carbocycles. The molecule has 0 bridgehead atoms. The second-order valence-corrected chi connectivity index (χ2v) is 5.34. The standard InChI is InChI=1S/C16H21N5/c1-2-18-14-10-15(21-16(20-14)13-5-6-13)19-9-7-12-4-3-8-17-11-12/h3-4,8,10-11,13H,2,5-7,9H2,1H3,(H2,18,19,20,21). The van der Waals surface area contributed by atoms with Crippen LogP contribution in [0, 0.1) is 0 Å². The third-order valence-electron chi connectivity index (χ3n) is 3.49. The molecule has 5 heteroatoms. The number of nitrogens with zero attached hydrogens (tertiary/aromatic N) is 3. The van der Waals surface area contributed by atoms with Gasteiger partial charge in [-0.15, -0.1) is 0 Å². The van der Waals surface area contributed by atoms with Crippen LogP contribution in [0.5, 0.6) is 0 Å². The summed E-state index contributed by atoms with van der Waals surface area (Å²) in [5, 5.41) is 6.67. The van der Waals surface area contributed by atoms with Crippen LogP contribution in [0.25, 0.3) is 0 Å². The molecular formula is C16H21N5. The molecule has 0 spiro atoms. The van der Waals surface area contributed by atoms with Crippen LogP contribution >= 0.6 is 0 Å². The molecule has 0 amide bonds. The average molecular weight is 283 g/mol. The maximum Gasteiger partial charge on any atom is 0.136 e. The molecule has 0 radical (unpaired) electrons. The van der Waals surface area contributed by atoms with E-state index in [1.165, 1.54) is 18.4 Å². The molecular weight excluding hydrogens is 262 g/mol. The van der Waals surface area contributed by atoms with Gasteiger partial charge in [-0.05, 0) is 37.8 Å². The van der Waals surface area contributed by atoms with Gasteiger partial charge in [0.1, 0.15) is 17.5 Å². The first-order valence-corrected chi connectivity index (χ1v) is 7.61. The number of rotatable bonds is 7. The maximum absolute atomic E-state index is 4.63. The summed E-state index contributed by atoms with van der Waals surface area (Å²) in [4.78, 5) is 13.3. The Labute approximate surface area is 125 Å². The Balaban J connectivity index is 1.63. The van der Waals surface area contributed by atoms with Gasteiger partial charge in [-0.25, -0.2) is 9.97 Å². The summed E-state index contributed by atoms with van der Waals surface area (Å²) in [7, 11) is 0. The molecule has 21 heavy (non-hydrogen) atoms. The average Bonchev–Trinajstić information content (AvgIpc) is 3.33. The lowest BCUT2D eigenvalue weighted by Crippen LogP contribution is -2.10. The SMILES string of the molecule is CCNc1cc(NCCc2cccnc2)nc(C2CC2)n1. The topological polar surface area (TPSA) is 62.7 Å². The number of nitrogens with one attached hydrogen (secondary N) is 2. The summed E-state index contributed by atoms with van der Waals surface area (Å²) >= 11 is 0. The van der Waals surface area contributed by atoms with Crippen molar-refractivity contribution in [2.75, 3.05) is 23.7 Å². The van der Waals surface area contributed by atoms with Gasteiger partial charge in [0, 0.05) is 37.5 Å². The molecule has 2 aromatic rings. The molecule has 1 saturated carbocycles. The highest BCUT2D eigenvalue weighted by atomic mass is 15.1. The molecule has 0 saturated heterocycles. The van der Waals surface area contributed by atoms with E-state index in [0.29, 0.717) is 5.92 Å². The largest absolute Gasteiger partial charge is 0.370 e. The minimum absolute atomic E-state index is 0.558. The highest BCUT2D eigenvalue weighted by Crippen LogP contribution is 2.38. The van der Waals surface area contributed by atoms with Gasteiger partial charge >= 0.3 is 0 Å². The maximum atomic E-state index is 4.63. The zero-order valence-electron chi connectivity index (χ0n) is 12.3. The highest BCUT2D eigenvalue weighted by Gasteiger charge is 2.27. The fourth-order valence-electron chi connectivity index (χ4n) is 2.23. The predicted octanol–water partition coefficient (Wildman–Crippen LogP) is 2.84. The van der Waals surface area contributed by atoms with E-state index in [-0.39, 0.29) is 0 Å². The Morgan fingerprint density at radius 1 is 1.19 bits per heavy atom. The summed E-state index contributed by atoms with van der Waals surface area (Å²) in [5.74, 6) is 3.35. The van der Waals surface area contributed by atoms with Crippen molar-refractivity contribution in [3.05, 3.63) is 42.0 Å². The summed E-state index contributed by atoms with van der Waals surface area (Å²) in [6.07, 6.45) is 7.07. The van der Waals surface area contributed by atoms with Gasteiger partial charge in [0.2, 0.25) is 0 Å². The fourth-order valence-corrected chi connectivity index (χ4v) is 2.23. The predicted molar refractivity (Wildman–Crippen MR) is 84.6 cm³/mol. The van der Waals surface area contributed by atoms with Crippen molar-refractivity contribution in [2.45, 2.75) is 32.1 Å². The second-order valence-electron chi connectivity index (χ2n) is 5.34. The Morgan fingerprint density at radius 2 is 2.00 bits per heavy atom. The van der Waals surface area contributed by atoms with Crippen molar-refractivity contribution >= 4 is 11.6 Å². The summed E-state index contributed by atoms with van der Waals surface area (Å²) in [5.41, 5.74) is 1.23. The van der Waals surface area contributed by atoms with Crippen LogP contribution in [-0.2, 0) is 6.42 Å². The van der Waals surface area contributed by atoms with E-state index in [0.717, 1.165) is 37.0 Å². The first kappa shape index (κ1) is 13.8. The molecule has 1 aliphatic carbocycles. The Morgan fingerprint density at radius 3 is 2.67 bits per heavy atom. The van der Waals surface area contributed by atoms with Crippen LogP contribution in [0.1, 0.15) is 37.1 Å². The molecule has 0 unspecified atom stereocenters. The molecule has 2 N–H and O–H groups in total. The van der Waals surface area contributed by atoms with Gasteiger partial charge in [-0.3, -0.25) is 4.98 Å². The highest BCUT2D eigenvalue weighted by molar-refractivity contribution is 5.48. The quantitative estimate of drug-likeness (QED) is 0.818. The second kappa shape index (κ2) is 6.52. The van der Waals surface area contributed by atoms with Gasteiger partial charge < -0.3 is 10.6 Å². The van der Waals surface area contributed by atoms with Crippen molar-refractivity contribution in [3.8, 4) is 0 Å². The zero-order valence-corrected chi connectivity index (χ0v) is 12.3. The van der Waals surface area contributed by atoms with Crippen LogP contribution in [0.15, 0.2) is 30.6 Å². The minimum Gasteiger partial charge on any atom is -0.370 e. The monoisotopic (exact) mass is 283 g/mol. The molecule has 3 rings (SSSR count). The van der Waals surface area contributed by atoms with E-state index in [4.69, 9.17) is 0 Å². The molecule has 0 atom stereocenters. The van der Waals surface area contributed by atoms with Gasteiger partial charge in [0.15, 0.2) is 0 Å². The number of hydrogen-bond donors (Lipinski definition) is 2. The van der Waals surface area contributed by atoms with Crippen LogP contribution in [0.3, 0.4) is 0 Å². The van der Waals surface area contributed by atoms with E-state index in [9.17, 15) is 0 Å². The lowest BCUT2D eigenvalue weighted by molar-refractivity contribution is 0.912. The van der Waals surface area contributed by atoms with Gasteiger partial charge in [0.25, 0.3) is 0 Å². The van der Waals surface area contributed by atoms with Crippen molar-refractivity contribution in [3.63, 3.8) is 0 Å². The molecule has 110 valence electrons. The van der Waals surface area contributed by atoms with E-state index in [2.05, 4.69) is 38.6 Å². The Hall–Kier alpha value is -2.17. The zero-order chi connectivity index (χ0) is 14.5. The van der Waals surface area contributed by atoms with Crippen molar-refractivity contribution in [1.29, 1.82) is 0 Å². The molecule has 1 aliphatic rings. The van der Waals surface area contributed by atoms with Crippen LogP contribution < -0.4 is 10.6 Å². The van der Waals surface area contributed by atoms with Crippen LogP contribution in [0.2, 0.25) is 0 Å². The lowest BCUT2D eigenvalue weighted by atomic mass is 10.2. The Bertz CT molecular complexity index is 580. The van der Waals surface area contributed by atoms with Gasteiger partial charge in [-0.1, -0.05) is 6.07 Å². The molecule has 2 aromatic heterocycles. The van der Waals surface area contributed by atoms with Crippen LogP contribution in [-0.4, -0.2) is 28.0 Å². The summed E-state index contributed by atoms with van der Waals surface area (Å²) in [6, 6.07) is 6.04. The third-order valence-corrected chi connectivity index (χ3v) is 3.49. The number of pyridine rings is 1. The van der Waals surface area contributed by atoms with Crippen molar-refractivity contribution in [1.82, 2.24) is 15.0 Å². The number of anilines is 2. The van der Waals surface area contributed by atoms with E-state index < -0.39 is 0 Å². The molecule has 5 nitrogen and oxygen atoms in total. The normalized spacial score (nSPS) is 14.0. The first-order chi connectivity index (χ1) is 10.3. The van der Waals surface area contributed by atoms with Gasteiger partial charge in [0.05, 0.1) is 0 Å². The molecule has 2 heterocycles. The van der Waals surface area contributed by atoms with E-state index >= 15 is 0 Å². The fraction of sp³-hybridized carbons (Fsp3) is 0.438. The molecule has 0 aliphatic heterocycles. The van der Waals surface area contributed by atoms with Crippen LogP contribution in [0.4, 0.5) is 11.6 Å². The molecule has 1 fully saturated rings. The Kier molecular flexibility index (Phi) is 4.28. The number of aromatic nitrogens is 3. The van der Waals surface area contributed by atoms with E-state index in [1.807, 2.05) is 18.3 Å². The minimum atomic E-state index is 0.558. The van der Waals surface area contributed by atoms with Crippen molar-refractivity contribution in [2.24, 2.45) is 0 Å². The summed E-state index contributed by atoms with van der Waals surface area (Å²) < 4.78 is 0. The lowest BCUT2D eigenvalue weighted by Gasteiger charge is -2.10. The van der Waals surface area contributed by atoms with Gasteiger partial charge in [-0.2, -0.15) is 0 Å². The number of hydrogen-bond acceptors (Lipinski definition) is 5. The first-order valence-electron chi connectivity index (χ1n) is 7.61. The summed E-state index contributed by atoms with van der Waals surface area (Å²) in [6.45, 7) is 3.79. The van der Waals surface area contributed by atoms with E-state index in [1.54, 1.807) is 6.20 Å². The van der Waals surface area contributed by atoms with Crippen molar-refractivity contribution < 1.29 is 0 Å². The third kappa shape index (κ3) is 3.90.